The first kappa shape index (κ1) is 17.6. The van der Waals surface area contributed by atoms with Crippen LogP contribution in [-0.4, -0.2) is 61.5 Å². The number of carbonyl (C=O) groups excluding carboxylic acids is 1. The van der Waals surface area contributed by atoms with Crippen molar-refractivity contribution in [1.29, 1.82) is 0 Å². The number of rotatable bonds is 3. The molecule has 2 saturated heterocycles. The first-order valence-electron chi connectivity index (χ1n) is 9.74. The number of aliphatic hydroxyl groups excluding tert-OH is 1. The van der Waals surface area contributed by atoms with Gasteiger partial charge < -0.3 is 25.4 Å². The average Bonchev–Trinajstić information content (AvgIpc) is 3.25. The molecule has 3 N–H and O–H groups in total. The fourth-order valence-electron chi connectivity index (χ4n) is 4.91. The maximum absolute atomic E-state index is 12.8. The number of fused-ring (bicyclic) bond motifs is 1. The Labute approximate surface area is 154 Å². The quantitative estimate of drug-likeness (QED) is 0.766. The Hall–Kier alpha value is -1.79. The van der Waals surface area contributed by atoms with Crippen molar-refractivity contribution in [3.63, 3.8) is 0 Å². The molecule has 1 aromatic rings. The number of aliphatic hydroxyl groups is 1. The Kier molecular flexibility index (Phi) is 5.05. The molecule has 3 aliphatic rings. The number of hydrogen-bond acceptors (Lipinski definition) is 4. The second-order valence-electron chi connectivity index (χ2n) is 7.90. The summed E-state index contributed by atoms with van der Waals surface area (Å²) >= 11 is 0. The highest BCUT2D eigenvalue weighted by Crippen LogP contribution is 2.38. The van der Waals surface area contributed by atoms with E-state index in [4.69, 9.17) is 4.74 Å². The summed E-state index contributed by atoms with van der Waals surface area (Å²) in [4.78, 5) is 14.7. The van der Waals surface area contributed by atoms with E-state index in [-0.39, 0.29) is 24.1 Å². The van der Waals surface area contributed by atoms with Gasteiger partial charge in [-0.05, 0) is 49.4 Å². The fraction of sp³-hybridized carbons (Fsp3) is 0.650. The van der Waals surface area contributed by atoms with Crippen LogP contribution in [0.4, 0.5) is 4.79 Å². The molecule has 0 bridgehead atoms. The van der Waals surface area contributed by atoms with Crippen LogP contribution < -0.4 is 15.4 Å². The molecule has 142 valence electrons. The summed E-state index contributed by atoms with van der Waals surface area (Å²) in [6.45, 7) is 3.21. The summed E-state index contributed by atoms with van der Waals surface area (Å²) in [6.07, 6.45) is 2.69. The van der Waals surface area contributed by atoms with Crippen LogP contribution in [-0.2, 0) is 0 Å². The Morgan fingerprint density at radius 2 is 2.04 bits per heavy atom. The molecule has 2 heterocycles. The number of urea groups is 1. The number of piperidine rings is 1. The molecule has 0 aromatic heterocycles. The third-order valence-corrected chi connectivity index (χ3v) is 6.44. The Balaban J connectivity index is 1.41. The minimum absolute atomic E-state index is 0.0128. The van der Waals surface area contributed by atoms with E-state index in [2.05, 4.69) is 22.8 Å². The molecule has 26 heavy (non-hydrogen) atoms. The average molecular weight is 359 g/mol. The van der Waals surface area contributed by atoms with Crippen molar-refractivity contribution in [1.82, 2.24) is 15.5 Å². The van der Waals surface area contributed by atoms with Gasteiger partial charge in [-0.2, -0.15) is 0 Å². The largest absolute Gasteiger partial charge is 0.497 e. The first-order valence-corrected chi connectivity index (χ1v) is 9.74. The molecule has 1 aliphatic carbocycles. The lowest BCUT2D eigenvalue weighted by molar-refractivity contribution is 0.125. The normalized spacial score (nSPS) is 33.8. The molecule has 5 atom stereocenters. The predicted octanol–water partition coefficient (Wildman–Crippen LogP) is 1.55. The van der Waals surface area contributed by atoms with Crippen LogP contribution in [0.5, 0.6) is 5.75 Å². The van der Waals surface area contributed by atoms with E-state index in [9.17, 15) is 9.90 Å². The van der Waals surface area contributed by atoms with Gasteiger partial charge in [0, 0.05) is 37.5 Å². The highest BCUT2D eigenvalue weighted by molar-refractivity contribution is 5.75. The molecule has 1 saturated carbocycles. The van der Waals surface area contributed by atoms with Gasteiger partial charge in [0.2, 0.25) is 0 Å². The molecular formula is C20H29N3O3. The number of carbonyl (C=O) groups is 1. The fourth-order valence-corrected chi connectivity index (χ4v) is 4.91. The summed E-state index contributed by atoms with van der Waals surface area (Å²) in [7, 11) is 1.67. The van der Waals surface area contributed by atoms with Crippen LogP contribution in [0.2, 0.25) is 0 Å². The topological polar surface area (TPSA) is 73.8 Å². The molecule has 6 heteroatoms. The van der Waals surface area contributed by atoms with Crippen molar-refractivity contribution in [3.8, 4) is 5.75 Å². The van der Waals surface area contributed by atoms with Gasteiger partial charge in [0.25, 0.3) is 0 Å². The number of ether oxygens (including phenoxy) is 1. The number of likely N-dealkylation sites (tertiary alicyclic amines) is 1. The molecule has 2 aliphatic heterocycles. The number of methoxy groups -OCH3 is 1. The lowest BCUT2D eigenvalue weighted by Crippen LogP contribution is -2.53. The SMILES string of the molecule is COc1ccc(C2CCNCC2NC(=O)N2CC3CCC(O)C3C2)cc1. The van der Waals surface area contributed by atoms with Crippen molar-refractivity contribution < 1.29 is 14.6 Å². The predicted molar refractivity (Wildman–Crippen MR) is 99.3 cm³/mol. The highest BCUT2D eigenvalue weighted by Gasteiger charge is 2.43. The zero-order valence-corrected chi connectivity index (χ0v) is 15.4. The monoisotopic (exact) mass is 359 g/mol. The van der Waals surface area contributed by atoms with Gasteiger partial charge >= 0.3 is 6.03 Å². The smallest absolute Gasteiger partial charge is 0.317 e. The van der Waals surface area contributed by atoms with Gasteiger partial charge in [-0.15, -0.1) is 0 Å². The van der Waals surface area contributed by atoms with Gasteiger partial charge in [-0.25, -0.2) is 4.79 Å². The molecule has 6 nitrogen and oxygen atoms in total. The third-order valence-electron chi connectivity index (χ3n) is 6.44. The Morgan fingerprint density at radius 3 is 2.77 bits per heavy atom. The van der Waals surface area contributed by atoms with Crippen LogP contribution in [0.25, 0.3) is 0 Å². The van der Waals surface area contributed by atoms with Gasteiger partial charge in [-0.1, -0.05) is 12.1 Å². The van der Waals surface area contributed by atoms with Crippen molar-refractivity contribution in [2.45, 2.75) is 37.3 Å². The minimum atomic E-state index is -0.235. The van der Waals surface area contributed by atoms with Gasteiger partial charge in [0.1, 0.15) is 5.75 Å². The lowest BCUT2D eigenvalue weighted by Gasteiger charge is -2.34. The zero-order chi connectivity index (χ0) is 18.1. The van der Waals surface area contributed by atoms with E-state index in [1.807, 2.05) is 17.0 Å². The summed E-state index contributed by atoms with van der Waals surface area (Å²) in [5.41, 5.74) is 1.24. The van der Waals surface area contributed by atoms with E-state index in [0.29, 0.717) is 18.4 Å². The Morgan fingerprint density at radius 1 is 1.23 bits per heavy atom. The van der Waals surface area contributed by atoms with E-state index in [1.54, 1.807) is 7.11 Å². The maximum Gasteiger partial charge on any atom is 0.317 e. The molecular weight excluding hydrogens is 330 g/mol. The van der Waals surface area contributed by atoms with E-state index in [1.165, 1.54) is 5.56 Å². The molecule has 3 fully saturated rings. The Bertz CT molecular complexity index is 636. The van der Waals surface area contributed by atoms with Gasteiger partial charge in [-0.3, -0.25) is 0 Å². The van der Waals surface area contributed by atoms with Crippen molar-refractivity contribution in [2.24, 2.45) is 11.8 Å². The van der Waals surface area contributed by atoms with Crippen LogP contribution in [0.3, 0.4) is 0 Å². The number of amides is 2. The van der Waals surface area contributed by atoms with Crippen molar-refractivity contribution in [3.05, 3.63) is 29.8 Å². The summed E-state index contributed by atoms with van der Waals surface area (Å²) in [5, 5.41) is 16.7. The van der Waals surface area contributed by atoms with E-state index in [0.717, 1.165) is 44.6 Å². The number of nitrogens with zero attached hydrogens (tertiary/aromatic N) is 1. The third kappa shape index (κ3) is 3.40. The first-order chi connectivity index (χ1) is 12.7. The standard InChI is InChI=1S/C20H29N3O3/c1-26-15-5-2-13(3-6-15)16-8-9-21-10-18(16)22-20(25)23-11-14-4-7-19(24)17(14)12-23/h2-3,5-6,14,16-19,21,24H,4,7-12H2,1H3,(H,22,25). The summed E-state index contributed by atoms with van der Waals surface area (Å²) in [6, 6.07) is 8.27. The second kappa shape index (κ2) is 7.45. The van der Waals surface area contributed by atoms with Crippen LogP contribution in [0.15, 0.2) is 24.3 Å². The number of nitrogens with one attached hydrogen (secondary N) is 2. The van der Waals surface area contributed by atoms with Crippen LogP contribution in [0.1, 0.15) is 30.7 Å². The van der Waals surface area contributed by atoms with Crippen molar-refractivity contribution in [2.75, 3.05) is 33.3 Å². The summed E-state index contributed by atoms with van der Waals surface area (Å²) < 4.78 is 5.25. The molecule has 4 rings (SSSR count). The summed E-state index contributed by atoms with van der Waals surface area (Å²) in [5.74, 6) is 1.89. The molecule has 1 aromatic carbocycles. The molecule has 0 radical (unpaired) electrons. The molecule has 0 spiro atoms. The van der Waals surface area contributed by atoms with Gasteiger partial charge in [0.15, 0.2) is 0 Å². The van der Waals surface area contributed by atoms with E-state index < -0.39 is 0 Å². The number of hydrogen-bond donors (Lipinski definition) is 3. The zero-order valence-electron chi connectivity index (χ0n) is 15.4. The van der Waals surface area contributed by atoms with Gasteiger partial charge in [0.05, 0.1) is 13.2 Å². The molecule has 5 unspecified atom stereocenters. The lowest BCUT2D eigenvalue weighted by atomic mass is 9.86. The van der Waals surface area contributed by atoms with Crippen LogP contribution in [0, 0.1) is 11.8 Å². The molecule has 2 amide bonds. The van der Waals surface area contributed by atoms with E-state index >= 15 is 0 Å². The number of benzene rings is 1. The second-order valence-corrected chi connectivity index (χ2v) is 7.90. The minimum Gasteiger partial charge on any atom is -0.497 e. The highest BCUT2D eigenvalue weighted by atomic mass is 16.5. The van der Waals surface area contributed by atoms with Crippen molar-refractivity contribution >= 4 is 6.03 Å². The van der Waals surface area contributed by atoms with Crippen LogP contribution >= 0.6 is 0 Å². The maximum atomic E-state index is 12.8.